The maximum atomic E-state index is 5.92. The van der Waals surface area contributed by atoms with Gasteiger partial charge in [0.05, 0.1) is 25.2 Å². The van der Waals surface area contributed by atoms with Crippen molar-refractivity contribution >= 4 is 0 Å². The molecule has 3 rings (SSSR count). The highest BCUT2D eigenvalue weighted by atomic mass is 16.5. The topological polar surface area (TPSA) is 18.5 Å². The molecule has 2 nitrogen and oxygen atoms in total. The highest BCUT2D eigenvalue weighted by molar-refractivity contribution is 5.63. The molecule has 0 saturated carbocycles. The van der Waals surface area contributed by atoms with E-state index in [1.54, 1.807) is 0 Å². The van der Waals surface area contributed by atoms with Crippen molar-refractivity contribution in [2.75, 3.05) is 19.8 Å². The maximum absolute atomic E-state index is 5.92. The number of hydrogen-bond donors (Lipinski definition) is 0. The van der Waals surface area contributed by atoms with E-state index in [0.29, 0.717) is 0 Å². The minimum absolute atomic E-state index is 0.234. The lowest BCUT2D eigenvalue weighted by atomic mass is 9.84. The molecule has 1 aliphatic rings. The van der Waals surface area contributed by atoms with Crippen molar-refractivity contribution in [1.82, 2.24) is 0 Å². The molecule has 1 fully saturated rings. The van der Waals surface area contributed by atoms with Crippen LogP contribution in [-0.4, -0.2) is 19.8 Å². The van der Waals surface area contributed by atoms with E-state index >= 15 is 0 Å². The zero-order chi connectivity index (χ0) is 13.8. The molecule has 20 heavy (non-hydrogen) atoms. The monoisotopic (exact) mass is 268 g/mol. The van der Waals surface area contributed by atoms with E-state index < -0.39 is 0 Å². The lowest BCUT2D eigenvalue weighted by Gasteiger charge is -2.40. The fourth-order valence-electron chi connectivity index (χ4n) is 2.39. The molecule has 0 radical (unpaired) electrons. The van der Waals surface area contributed by atoms with Crippen LogP contribution in [-0.2, 0) is 4.74 Å². The van der Waals surface area contributed by atoms with Crippen molar-refractivity contribution in [2.24, 2.45) is 5.41 Å². The Balaban J connectivity index is 1.65. The molecule has 2 aromatic rings. The normalized spacial score (nSPS) is 16.4. The predicted molar refractivity (Wildman–Crippen MR) is 80.9 cm³/mol. The first-order valence-electron chi connectivity index (χ1n) is 7.17. The van der Waals surface area contributed by atoms with Crippen molar-refractivity contribution < 1.29 is 9.47 Å². The van der Waals surface area contributed by atoms with Crippen molar-refractivity contribution in [3.05, 3.63) is 54.6 Å². The maximum Gasteiger partial charge on any atom is 0.119 e. The molecule has 1 heterocycles. The Hall–Kier alpha value is -1.80. The quantitative estimate of drug-likeness (QED) is 0.810. The van der Waals surface area contributed by atoms with Crippen LogP contribution in [0.25, 0.3) is 11.1 Å². The molecular formula is C18H20O2. The molecule has 0 N–H and O–H groups in total. The van der Waals surface area contributed by atoms with Crippen LogP contribution in [0.15, 0.2) is 54.6 Å². The van der Waals surface area contributed by atoms with E-state index in [-0.39, 0.29) is 5.41 Å². The molecule has 104 valence electrons. The first kappa shape index (κ1) is 13.2. The highest BCUT2D eigenvalue weighted by Crippen LogP contribution is 2.32. The Labute approximate surface area is 120 Å². The molecule has 0 spiro atoms. The van der Waals surface area contributed by atoms with Crippen LogP contribution in [0, 0.1) is 5.41 Å². The molecule has 0 unspecified atom stereocenters. The van der Waals surface area contributed by atoms with Gasteiger partial charge in [-0.05, 0) is 29.7 Å². The summed E-state index contributed by atoms with van der Waals surface area (Å²) in [5.74, 6) is 0.935. The molecule has 0 aromatic heterocycles. The zero-order valence-electron chi connectivity index (χ0n) is 11.8. The molecular weight excluding hydrogens is 248 g/mol. The average molecular weight is 268 g/mol. The van der Waals surface area contributed by atoms with E-state index in [1.807, 2.05) is 18.2 Å². The molecule has 2 heteroatoms. The Kier molecular flexibility index (Phi) is 3.75. The Morgan fingerprint density at radius 3 is 2.15 bits per heavy atom. The van der Waals surface area contributed by atoms with Gasteiger partial charge in [0.25, 0.3) is 0 Å². The van der Waals surface area contributed by atoms with Gasteiger partial charge in [-0.1, -0.05) is 49.4 Å². The van der Waals surface area contributed by atoms with E-state index in [0.717, 1.165) is 32.0 Å². The predicted octanol–water partition coefficient (Wildman–Crippen LogP) is 4.16. The fraction of sp³-hybridized carbons (Fsp3) is 0.333. The van der Waals surface area contributed by atoms with Gasteiger partial charge < -0.3 is 9.47 Å². The second kappa shape index (κ2) is 5.68. The van der Waals surface area contributed by atoms with Crippen LogP contribution in [0.1, 0.15) is 13.3 Å². The summed E-state index contributed by atoms with van der Waals surface area (Å²) in [7, 11) is 0. The summed E-state index contributed by atoms with van der Waals surface area (Å²) in [6.45, 7) is 4.59. The first-order chi connectivity index (χ1) is 9.81. The lowest BCUT2D eigenvalue weighted by molar-refractivity contribution is -0.133. The second-order valence-corrected chi connectivity index (χ2v) is 5.53. The molecule has 0 aliphatic carbocycles. The summed E-state index contributed by atoms with van der Waals surface area (Å²) < 4.78 is 11.2. The molecule has 0 bridgehead atoms. The van der Waals surface area contributed by atoms with Gasteiger partial charge in [0, 0.05) is 0 Å². The fourth-order valence-corrected chi connectivity index (χ4v) is 2.39. The van der Waals surface area contributed by atoms with Gasteiger partial charge in [-0.3, -0.25) is 0 Å². The second-order valence-electron chi connectivity index (χ2n) is 5.53. The van der Waals surface area contributed by atoms with Crippen molar-refractivity contribution in [3.8, 4) is 16.9 Å². The number of rotatable bonds is 5. The molecule has 0 amide bonds. The van der Waals surface area contributed by atoms with Crippen LogP contribution in [0.3, 0.4) is 0 Å². The summed E-state index contributed by atoms with van der Waals surface area (Å²) in [6, 6.07) is 18.7. The summed E-state index contributed by atoms with van der Waals surface area (Å²) in [4.78, 5) is 0. The standard InChI is InChI=1S/C18H20O2/c1-2-18(12-19-13-18)14-20-17-10-8-16(9-11-17)15-6-4-3-5-7-15/h3-11H,2,12-14H2,1H3. The van der Waals surface area contributed by atoms with Crippen molar-refractivity contribution in [2.45, 2.75) is 13.3 Å². The Morgan fingerprint density at radius 2 is 1.60 bits per heavy atom. The molecule has 1 aliphatic heterocycles. The summed E-state index contributed by atoms with van der Waals surface area (Å²) in [5.41, 5.74) is 2.68. The number of benzene rings is 2. The van der Waals surface area contributed by atoms with Crippen LogP contribution in [0.5, 0.6) is 5.75 Å². The van der Waals surface area contributed by atoms with E-state index in [2.05, 4.69) is 43.3 Å². The van der Waals surface area contributed by atoms with Gasteiger partial charge in [0.2, 0.25) is 0 Å². The van der Waals surface area contributed by atoms with E-state index in [9.17, 15) is 0 Å². The Morgan fingerprint density at radius 1 is 0.950 bits per heavy atom. The van der Waals surface area contributed by atoms with Crippen molar-refractivity contribution in [1.29, 1.82) is 0 Å². The smallest absolute Gasteiger partial charge is 0.119 e. The summed E-state index contributed by atoms with van der Waals surface area (Å²) in [6.07, 6.45) is 1.11. The summed E-state index contributed by atoms with van der Waals surface area (Å²) >= 11 is 0. The highest BCUT2D eigenvalue weighted by Gasteiger charge is 2.37. The minimum Gasteiger partial charge on any atom is -0.493 e. The van der Waals surface area contributed by atoms with Gasteiger partial charge in [-0.25, -0.2) is 0 Å². The first-order valence-corrected chi connectivity index (χ1v) is 7.17. The minimum atomic E-state index is 0.234. The third kappa shape index (κ3) is 2.70. The summed E-state index contributed by atoms with van der Waals surface area (Å²) in [5, 5.41) is 0. The third-order valence-electron chi connectivity index (χ3n) is 4.07. The van der Waals surface area contributed by atoms with Crippen LogP contribution in [0.2, 0.25) is 0 Å². The number of ether oxygens (including phenoxy) is 2. The Bertz CT molecular complexity index is 536. The van der Waals surface area contributed by atoms with Crippen LogP contribution >= 0.6 is 0 Å². The van der Waals surface area contributed by atoms with Gasteiger partial charge in [-0.15, -0.1) is 0 Å². The largest absolute Gasteiger partial charge is 0.493 e. The van der Waals surface area contributed by atoms with Gasteiger partial charge in [0.1, 0.15) is 5.75 Å². The zero-order valence-corrected chi connectivity index (χ0v) is 11.8. The van der Waals surface area contributed by atoms with Crippen LogP contribution in [0.4, 0.5) is 0 Å². The van der Waals surface area contributed by atoms with Gasteiger partial charge in [0.15, 0.2) is 0 Å². The molecule has 1 saturated heterocycles. The molecule has 0 atom stereocenters. The lowest BCUT2D eigenvalue weighted by Crippen LogP contribution is -2.46. The molecule has 2 aromatic carbocycles. The number of hydrogen-bond acceptors (Lipinski definition) is 2. The average Bonchev–Trinajstić information content (AvgIpc) is 2.48. The van der Waals surface area contributed by atoms with Crippen molar-refractivity contribution in [3.63, 3.8) is 0 Å². The third-order valence-corrected chi connectivity index (χ3v) is 4.07. The van der Waals surface area contributed by atoms with Gasteiger partial charge >= 0.3 is 0 Å². The van der Waals surface area contributed by atoms with E-state index in [4.69, 9.17) is 9.47 Å². The van der Waals surface area contributed by atoms with E-state index in [1.165, 1.54) is 11.1 Å². The van der Waals surface area contributed by atoms with Crippen LogP contribution < -0.4 is 4.74 Å². The SMILES string of the molecule is CCC1(COc2ccc(-c3ccccc3)cc2)COC1. The van der Waals surface area contributed by atoms with Gasteiger partial charge in [-0.2, -0.15) is 0 Å².